The zero-order chi connectivity index (χ0) is 15.1. The molecule has 0 saturated heterocycles. The normalized spacial score (nSPS) is 10.2. The number of hydrogen-bond acceptors (Lipinski definition) is 3. The Kier molecular flexibility index (Phi) is 5.81. The molecule has 21 heavy (non-hydrogen) atoms. The van der Waals surface area contributed by atoms with Gasteiger partial charge in [0.25, 0.3) is 0 Å². The Balaban J connectivity index is 1.79. The van der Waals surface area contributed by atoms with Crippen LogP contribution in [0.1, 0.15) is 23.2 Å². The van der Waals surface area contributed by atoms with Gasteiger partial charge in [0.2, 0.25) is 0 Å². The number of halogens is 1. The third-order valence-corrected chi connectivity index (χ3v) is 3.66. The van der Waals surface area contributed by atoms with E-state index >= 15 is 0 Å². The fourth-order valence-electron chi connectivity index (χ4n) is 1.91. The quantitative estimate of drug-likeness (QED) is 0.545. The van der Waals surface area contributed by atoms with Crippen LogP contribution in [-0.4, -0.2) is 19.5 Å². The fourth-order valence-corrected chi connectivity index (χ4v) is 2.38. The van der Waals surface area contributed by atoms with E-state index in [1.165, 1.54) is 0 Å². The largest absolute Gasteiger partial charge is 0.497 e. The fraction of sp³-hybridized carbons (Fsp3) is 0.235. The van der Waals surface area contributed by atoms with Crippen LogP contribution in [-0.2, 0) is 0 Å². The van der Waals surface area contributed by atoms with Crippen LogP contribution in [0.3, 0.4) is 0 Å². The first-order chi connectivity index (χ1) is 10.2. The lowest BCUT2D eigenvalue weighted by Gasteiger charge is -2.09. The van der Waals surface area contributed by atoms with Crippen molar-refractivity contribution in [2.75, 3.05) is 13.7 Å². The average molecular weight is 349 g/mol. The molecular formula is C17H17BrO3. The first-order valence-corrected chi connectivity index (χ1v) is 7.54. The lowest BCUT2D eigenvalue weighted by atomic mass is 10.1. The summed E-state index contributed by atoms with van der Waals surface area (Å²) in [6.45, 7) is 0.503. The maximum atomic E-state index is 11.9. The molecule has 0 saturated carbocycles. The third kappa shape index (κ3) is 4.60. The maximum Gasteiger partial charge on any atom is 0.163 e. The van der Waals surface area contributed by atoms with Crippen LogP contribution in [0.4, 0.5) is 0 Å². The number of ether oxygens (including phenoxy) is 2. The molecule has 3 nitrogen and oxygen atoms in total. The first kappa shape index (κ1) is 15.6. The van der Waals surface area contributed by atoms with Gasteiger partial charge >= 0.3 is 0 Å². The van der Waals surface area contributed by atoms with E-state index in [9.17, 15) is 4.79 Å². The molecule has 0 spiro atoms. The predicted octanol–water partition coefficient (Wildman–Crippen LogP) is 4.50. The van der Waals surface area contributed by atoms with Crippen molar-refractivity contribution in [2.45, 2.75) is 12.8 Å². The van der Waals surface area contributed by atoms with Crippen LogP contribution in [0.25, 0.3) is 0 Å². The summed E-state index contributed by atoms with van der Waals surface area (Å²) in [6, 6.07) is 14.9. The molecule has 0 fully saturated rings. The van der Waals surface area contributed by atoms with Gasteiger partial charge in [-0.15, -0.1) is 0 Å². The summed E-state index contributed by atoms with van der Waals surface area (Å²) in [5, 5.41) is 0. The predicted molar refractivity (Wildman–Crippen MR) is 86.2 cm³/mol. The Morgan fingerprint density at radius 1 is 1.14 bits per heavy atom. The molecule has 2 rings (SSSR count). The molecule has 0 amide bonds. The van der Waals surface area contributed by atoms with E-state index in [2.05, 4.69) is 15.9 Å². The number of carbonyl (C=O) groups excluding carboxylic acids is 1. The zero-order valence-corrected chi connectivity index (χ0v) is 13.4. The summed E-state index contributed by atoms with van der Waals surface area (Å²) in [5.74, 6) is 1.67. The molecule has 0 atom stereocenters. The smallest absolute Gasteiger partial charge is 0.163 e. The molecule has 0 radical (unpaired) electrons. The number of Topliss-reactive ketones (excluding diaryl/α,β-unsaturated/α-hetero) is 1. The van der Waals surface area contributed by atoms with Crippen molar-refractivity contribution < 1.29 is 14.3 Å². The summed E-state index contributed by atoms with van der Waals surface area (Å²) in [7, 11) is 1.62. The molecular weight excluding hydrogens is 332 g/mol. The highest BCUT2D eigenvalue weighted by molar-refractivity contribution is 9.10. The van der Waals surface area contributed by atoms with Crippen molar-refractivity contribution in [1.29, 1.82) is 0 Å². The maximum absolute atomic E-state index is 11.9. The number of benzene rings is 2. The Morgan fingerprint density at radius 3 is 2.57 bits per heavy atom. The number of carbonyl (C=O) groups is 1. The second-order valence-corrected chi connectivity index (χ2v) is 5.39. The van der Waals surface area contributed by atoms with Crippen LogP contribution in [0.2, 0.25) is 0 Å². The minimum absolute atomic E-state index is 0.146. The van der Waals surface area contributed by atoms with Crippen LogP contribution >= 0.6 is 15.9 Å². The van der Waals surface area contributed by atoms with Gasteiger partial charge in [-0.3, -0.25) is 4.79 Å². The van der Waals surface area contributed by atoms with E-state index < -0.39 is 0 Å². The Hall–Kier alpha value is -1.81. The van der Waals surface area contributed by atoms with Crippen molar-refractivity contribution in [2.24, 2.45) is 0 Å². The number of rotatable bonds is 7. The van der Waals surface area contributed by atoms with Crippen LogP contribution in [0.5, 0.6) is 11.5 Å². The molecule has 110 valence electrons. The number of methoxy groups -OCH3 is 1. The highest BCUT2D eigenvalue weighted by Gasteiger charge is 2.06. The lowest BCUT2D eigenvalue weighted by molar-refractivity contribution is 0.0973. The third-order valence-electron chi connectivity index (χ3n) is 3.04. The second kappa shape index (κ2) is 7.84. The molecule has 2 aromatic rings. The van der Waals surface area contributed by atoms with Gasteiger partial charge in [-0.1, -0.05) is 30.3 Å². The van der Waals surface area contributed by atoms with Gasteiger partial charge in [-0.2, -0.15) is 0 Å². The van der Waals surface area contributed by atoms with E-state index in [4.69, 9.17) is 9.47 Å². The highest BCUT2D eigenvalue weighted by Crippen LogP contribution is 2.29. The first-order valence-electron chi connectivity index (χ1n) is 6.75. The molecule has 0 aliphatic rings. The average Bonchev–Trinajstić information content (AvgIpc) is 2.53. The van der Waals surface area contributed by atoms with Crippen molar-refractivity contribution in [1.82, 2.24) is 0 Å². The van der Waals surface area contributed by atoms with E-state index in [0.717, 1.165) is 21.5 Å². The van der Waals surface area contributed by atoms with Gasteiger partial charge in [0, 0.05) is 12.0 Å². The van der Waals surface area contributed by atoms with Gasteiger partial charge in [0.05, 0.1) is 18.2 Å². The standard InChI is InChI=1S/C17H17BrO3/c1-20-14-9-10-17(15(18)12-14)21-11-5-8-16(19)13-6-3-2-4-7-13/h2-4,6-7,9-10,12H,5,8,11H2,1H3. The lowest BCUT2D eigenvalue weighted by Crippen LogP contribution is -2.04. The van der Waals surface area contributed by atoms with Crippen molar-refractivity contribution in [3.8, 4) is 11.5 Å². The summed E-state index contributed by atoms with van der Waals surface area (Å²) in [6.07, 6.45) is 1.17. The topological polar surface area (TPSA) is 35.5 Å². The molecule has 0 heterocycles. The highest BCUT2D eigenvalue weighted by atomic mass is 79.9. The molecule has 0 unspecified atom stereocenters. The van der Waals surface area contributed by atoms with Crippen LogP contribution < -0.4 is 9.47 Å². The van der Waals surface area contributed by atoms with E-state index in [0.29, 0.717) is 19.4 Å². The molecule has 0 aromatic heterocycles. The molecule has 0 N–H and O–H groups in total. The SMILES string of the molecule is COc1ccc(OCCCC(=O)c2ccccc2)c(Br)c1. The van der Waals surface area contributed by atoms with Gasteiger partial charge in [-0.25, -0.2) is 0 Å². The minimum Gasteiger partial charge on any atom is -0.497 e. The van der Waals surface area contributed by atoms with Crippen molar-refractivity contribution >= 4 is 21.7 Å². The summed E-state index contributed by atoms with van der Waals surface area (Å²) < 4.78 is 11.6. The number of hydrogen-bond donors (Lipinski definition) is 0. The van der Waals surface area contributed by atoms with E-state index in [1.54, 1.807) is 7.11 Å². The van der Waals surface area contributed by atoms with Gasteiger partial charge in [0.15, 0.2) is 5.78 Å². The number of ketones is 1. The molecule has 4 heteroatoms. The van der Waals surface area contributed by atoms with E-state index in [-0.39, 0.29) is 5.78 Å². The minimum atomic E-state index is 0.146. The van der Waals surface area contributed by atoms with E-state index in [1.807, 2.05) is 48.5 Å². The van der Waals surface area contributed by atoms with Crippen LogP contribution in [0.15, 0.2) is 53.0 Å². The monoisotopic (exact) mass is 348 g/mol. The van der Waals surface area contributed by atoms with Gasteiger partial charge in [-0.05, 0) is 40.5 Å². The zero-order valence-electron chi connectivity index (χ0n) is 11.8. The molecule has 0 aliphatic carbocycles. The molecule has 0 bridgehead atoms. The Bertz CT molecular complexity index is 596. The summed E-state index contributed by atoms with van der Waals surface area (Å²) in [5.41, 5.74) is 0.753. The summed E-state index contributed by atoms with van der Waals surface area (Å²) >= 11 is 3.43. The Labute approximate surface area is 133 Å². The van der Waals surface area contributed by atoms with Crippen LogP contribution in [0, 0.1) is 0 Å². The molecule has 0 aliphatic heterocycles. The molecule has 2 aromatic carbocycles. The van der Waals surface area contributed by atoms with Gasteiger partial charge < -0.3 is 9.47 Å². The van der Waals surface area contributed by atoms with Crippen molar-refractivity contribution in [3.05, 3.63) is 58.6 Å². The van der Waals surface area contributed by atoms with Crippen molar-refractivity contribution in [3.63, 3.8) is 0 Å². The summed E-state index contributed by atoms with van der Waals surface area (Å²) in [4.78, 5) is 11.9. The van der Waals surface area contributed by atoms with Gasteiger partial charge in [0.1, 0.15) is 11.5 Å². The Morgan fingerprint density at radius 2 is 1.90 bits per heavy atom. The second-order valence-electron chi connectivity index (χ2n) is 4.54.